The first-order valence-electron chi connectivity index (χ1n) is 8.83. The van der Waals surface area contributed by atoms with Crippen LogP contribution < -0.4 is 15.8 Å². The van der Waals surface area contributed by atoms with Crippen molar-refractivity contribution < 1.29 is 14.3 Å². The molecular formula is C20H23Cl2N3O3. The molecule has 6 nitrogen and oxygen atoms in total. The third kappa shape index (κ3) is 5.38. The van der Waals surface area contributed by atoms with E-state index >= 15 is 0 Å². The summed E-state index contributed by atoms with van der Waals surface area (Å²) < 4.78 is 5.63. The van der Waals surface area contributed by atoms with E-state index in [9.17, 15) is 9.59 Å². The molecule has 0 aromatic heterocycles. The van der Waals surface area contributed by atoms with Gasteiger partial charge in [-0.05, 0) is 29.8 Å². The van der Waals surface area contributed by atoms with E-state index in [4.69, 9.17) is 22.1 Å². The number of carbonyl (C=O) groups excluding carboxylic acids is 2. The van der Waals surface area contributed by atoms with Crippen LogP contribution in [0.25, 0.3) is 0 Å². The average molecular weight is 424 g/mol. The molecule has 0 aliphatic carbocycles. The predicted molar refractivity (Wildman–Crippen MR) is 111 cm³/mol. The summed E-state index contributed by atoms with van der Waals surface area (Å²) in [5.74, 6) is 0.00876. The van der Waals surface area contributed by atoms with Crippen LogP contribution in [0.2, 0.25) is 5.02 Å². The molecule has 0 radical (unpaired) electrons. The van der Waals surface area contributed by atoms with E-state index in [1.807, 2.05) is 29.2 Å². The summed E-state index contributed by atoms with van der Waals surface area (Å²) in [6.07, 6.45) is 0.238. The van der Waals surface area contributed by atoms with Crippen LogP contribution in [0.15, 0.2) is 48.5 Å². The van der Waals surface area contributed by atoms with Crippen LogP contribution >= 0.6 is 24.0 Å². The van der Waals surface area contributed by atoms with Gasteiger partial charge in [0, 0.05) is 30.2 Å². The first-order valence-corrected chi connectivity index (χ1v) is 9.21. The number of primary amides is 1. The second kappa shape index (κ2) is 10.3. The zero-order chi connectivity index (χ0) is 19.2. The zero-order valence-electron chi connectivity index (χ0n) is 15.3. The molecule has 1 aliphatic heterocycles. The first kappa shape index (κ1) is 22.0. The zero-order valence-corrected chi connectivity index (χ0v) is 16.8. The second-order valence-corrected chi connectivity index (χ2v) is 6.73. The Morgan fingerprint density at radius 1 is 1.21 bits per heavy atom. The van der Waals surface area contributed by atoms with E-state index in [1.54, 1.807) is 24.3 Å². The number of nitrogens with zero attached hydrogens (tertiary/aromatic N) is 1. The fourth-order valence-electron chi connectivity index (χ4n) is 3.16. The molecule has 0 saturated carbocycles. The molecule has 1 fully saturated rings. The van der Waals surface area contributed by atoms with Gasteiger partial charge in [0.05, 0.1) is 19.1 Å². The number of hydrogen-bond acceptors (Lipinski definition) is 4. The molecule has 150 valence electrons. The van der Waals surface area contributed by atoms with Gasteiger partial charge in [-0.1, -0.05) is 35.9 Å². The van der Waals surface area contributed by atoms with E-state index in [1.165, 1.54) is 0 Å². The Labute approximate surface area is 175 Å². The third-order valence-corrected chi connectivity index (χ3v) is 4.88. The number of rotatable bonds is 6. The van der Waals surface area contributed by atoms with Gasteiger partial charge in [-0.15, -0.1) is 12.4 Å². The lowest BCUT2D eigenvalue weighted by Crippen LogP contribution is -2.49. The van der Waals surface area contributed by atoms with Crippen LogP contribution in [0.3, 0.4) is 0 Å². The molecule has 1 saturated heterocycles. The fourth-order valence-corrected chi connectivity index (χ4v) is 3.43. The fraction of sp³-hybridized carbons (Fsp3) is 0.300. The van der Waals surface area contributed by atoms with Gasteiger partial charge in [-0.3, -0.25) is 9.59 Å². The number of piperazine rings is 1. The summed E-state index contributed by atoms with van der Waals surface area (Å²) in [6, 6.07) is 14.1. The smallest absolute Gasteiger partial charge is 0.248 e. The Morgan fingerprint density at radius 2 is 2.00 bits per heavy atom. The van der Waals surface area contributed by atoms with Gasteiger partial charge in [-0.2, -0.15) is 0 Å². The quantitative estimate of drug-likeness (QED) is 0.747. The maximum atomic E-state index is 12.8. The summed E-state index contributed by atoms with van der Waals surface area (Å²) in [4.78, 5) is 25.8. The number of amides is 2. The minimum atomic E-state index is -0.514. The lowest BCUT2D eigenvalue weighted by atomic mass is 10.0. The van der Waals surface area contributed by atoms with Crippen LogP contribution in [-0.4, -0.2) is 43.0 Å². The topological polar surface area (TPSA) is 84.7 Å². The molecule has 3 N–H and O–H groups in total. The monoisotopic (exact) mass is 423 g/mol. The summed E-state index contributed by atoms with van der Waals surface area (Å²) >= 11 is 6.32. The highest BCUT2D eigenvalue weighted by atomic mass is 35.5. The minimum absolute atomic E-state index is 0. The second-order valence-electron chi connectivity index (χ2n) is 6.32. The van der Waals surface area contributed by atoms with Crippen molar-refractivity contribution in [3.63, 3.8) is 0 Å². The Morgan fingerprint density at radius 3 is 2.75 bits per heavy atom. The maximum absolute atomic E-state index is 12.8. The normalized spacial score (nSPS) is 16.2. The lowest BCUT2D eigenvalue weighted by molar-refractivity contribution is -0.135. The molecule has 2 aromatic carbocycles. The number of benzene rings is 2. The standard InChI is InChI=1S/C20H22ClN3O3.ClH/c21-17-7-2-1-6-16(17)18-13-23-9-10-24(18)19(25)8-11-27-15-5-3-4-14(12-15)20(22)26;/h1-7,12,18,23H,8-11,13H2,(H2,22,26);1H. The Hall–Kier alpha value is -2.28. The van der Waals surface area contributed by atoms with E-state index < -0.39 is 5.91 Å². The van der Waals surface area contributed by atoms with Gasteiger partial charge in [-0.25, -0.2) is 0 Å². The van der Waals surface area contributed by atoms with Crippen molar-refractivity contribution >= 4 is 35.8 Å². The molecule has 1 unspecified atom stereocenters. The van der Waals surface area contributed by atoms with E-state index in [-0.39, 0.29) is 37.4 Å². The highest BCUT2D eigenvalue weighted by molar-refractivity contribution is 6.31. The van der Waals surface area contributed by atoms with Crippen molar-refractivity contribution in [1.82, 2.24) is 10.2 Å². The molecule has 2 aromatic rings. The average Bonchev–Trinajstić information content (AvgIpc) is 2.68. The number of nitrogens with one attached hydrogen (secondary N) is 1. The molecule has 2 amide bonds. The lowest BCUT2D eigenvalue weighted by Gasteiger charge is -2.37. The van der Waals surface area contributed by atoms with Crippen LogP contribution in [0, 0.1) is 0 Å². The molecule has 1 heterocycles. The highest BCUT2D eigenvalue weighted by Crippen LogP contribution is 2.29. The summed E-state index contributed by atoms with van der Waals surface area (Å²) in [5.41, 5.74) is 6.58. The number of halogens is 2. The van der Waals surface area contributed by atoms with E-state index in [0.29, 0.717) is 29.4 Å². The van der Waals surface area contributed by atoms with Crippen molar-refractivity contribution in [2.24, 2.45) is 5.73 Å². The predicted octanol–water partition coefficient (Wildman–Crippen LogP) is 2.80. The molecule has 28 heavy (non-hydrogen) atoms. The van der Waals surface area contributed by atoms with Crippen molar-refractivity contribution in [2.45, 2.75) is 12.5 Å². The Kier molecular flexibility index (Phi) is 8.11. The van der Waals surface area contributed by atoms with Gasteiger partial charge in [0.25, 0.3) is 0 Å². The molecule has 3 rings (SSSR count). The molecular weight excluding hydrogens is 401 g/mol. The summed E-state index contributed by atoms with van der Waals surface area (Å²) in [5, 5.41) is 3.97. The molecule has 8 heteroatoms. The molecule has 1 aliphatic rings. The van der Waals surface area contributed by atoms with Crippen LogP contribution in [0.5, 0.6) is 5.75 Å². The first-order chi connectivity index (χ1) is 13.1. The molecule has 0 spiro atoms. The number of hydrogen-bond donors (Lipinski definition) is 2. The Balaban J connectivity index is 0.00000280. The van der Waals surface area contributed by atoms with Crippen LogP contribution in [-0.2, 0) is 4.79 Å². The van der Waals surface area contributed by atoms with E-state index in [2.05, 4.69) is 5.32 Å². The van der Waals surface area contributed by atoms with Gasteiger partial charge in [0.1, 0.15) is 5.75 Å². The van der Waals surface area contributed by atoms with Crippen molar-refractivity contribution in [1.29, 1.82) is 0 Å². The highest BCUT2D eigenvalue weighted by Gasteiger charge is 2.28. The summed E-state index contributed by atoms with van der Waals surface area (Å²) in [7, 11) is 0. The SMILES string of the molecule is Cl.NC(=O)c1cccc(OCCC(=O)N2CCNCC2c2ccccc2Cl)c1. The third-order valence-electron chi connectivity index (χ3n) is 4.53. The van der Waals surface area contributed by atoms with Crippen LogP contribution in [0.1, 0.15) is 28.4 Å². The van der Waals surface area contributed by atoms with Gasteiger partial charge in [0.2, 0.25) is 11.8 Å². The van der Waals surface area contributed by atoms with Gasteiger partial charge >= 0.3 is 0 Å². The van der Waals surface area contributed by atoms with Gasteiger partial charge in [0.15, 0.2) is 0 Å². The minimum Gasteiger partial charge on any atom is -0.493 e. The summed E-state index contributed by atoms with van der Waals surface area (Å²) in [6.45, 7) is 2.25. The number of ether oxygens (including phenoxy) is 1. The molecule has 1 atom stereocenters. The molecule has 0 bridgehead atoms. The largest absolute Gasteiger partial charge is 0.493 e. The number of carbonyl (C=O) groups is 2. The van der Waals surface area contributed by atoms with E-state index in [0.717, 1.165) is 12.1 Å². The van der Waals surface area contributed by atoms with Crippen molar-refractivity contribution in [3.05, 3.63) is 64.7 Å². The van der Waals surface area contributed by atoms with Crippen molar-refractivity contribution in [3.8, 4) is 5.75 Å². The Bertz CT molecular complexity index is 832. The van der Waals surface area contributed by atoms with Crippen molar-refractivity contribution in [2.75, 3.05) is 26.2 Å². The van der Waals surface area contributed by atoms with Crippen LogP contribution in [0.4, 0.5) is 0 Å². The van der Waals surface area contributed by atoms with Gasteiger partial charge < -0.3 is 20.7 Å². The maximum Gasteiger partial charge on any atom is 0.248 e. The number of nitrogens with two attached hydrogens (primary N) is 1.